The summed E-state index contributed by atoms with van der Waals surface area (Å²) in [5.41, 5.74) is 0.517. The maximum Gasteiger partial charge on any atom is 0.253 e. The van der Waals surface area contributed by atoms with Crippen LogP contribution in [0.2, 0.25) is 5.15 Å². The number of benzene rings is 1. The lowest BCUT2D eigenvalue weighted by molar-refractivity contribution is 0.0950. The van der Waals surface area contributed by atoms with Crippen LogP contribution >= 0.6 is 11.6 Å². The van der Waals surface area contributed by atoms with Gasteiger partial charge in [-0.2, -0.15) is 0 Å². The zero-order chi connectivity index (χ0) is 13.8. The van der Waals surface area contributed by atoms with Crippen molar-refractivity contribution >= 4 is 17.5 Å². The Bertz CT molecular complexity index is 602. The van der Waals surface area contributed by atoms with Crippen LogP contribution in [0.15, 0.2) is 36.5 Å². The van der Waals surface area contributed by atoms with E-state index in [1.807, 2.05) is 0 Å². The summed E-state index contributed by atoms with van der Waals surface area (Å²) in [5, 5.41) is 2.79. The van der Waals surface area contributed by atoms with Crippen molar-refractivity contribution in [2.45, 2.75) is 6.54 Å². The first kappa shape index (κ1) is 13.4. The van der Waals surface area contributed by atoms with E-state index < -0.39 is 17.5 Å². The van der Waals surface area contributed by atoms with E-state index in [0.29, 0.717) is 5.56 Å². The summed E-state index contributed by atoms with van der Waals surface area (Å²) < 4.78 is 26.0. The number of hydrogen-bond donors (Lipinski definition) is 1. The zero-order valence-corrected chi connectivity index (χ0v) is 10.4. The Hall–Kier alpha value is -2.01. The molecule has 0 unspecified atom stereocenters. The largest absolute Gasteiger partial charge is 0.348 e. The maximum absolute atomic E-state index is 13.3. The second-order valence-electron chi connectivity index (χ2n) is 3.79. The van der Waals surface area contributed by atoms with E-state index in [1.54, 1.807) is 0 Å². The number of carbonyl (C=O) groups is 1. The molecule has 3 nitrogen and oxygen atoms in total. The number of nitrogens with one attached hydrogen (secondary N) is 1. The van der Waals surface area contributed by atoms with E-state index in [0.717, 1.165) is 12.1 Å². The lowest BCUT2D eigenvalue weighted by atomic mass is 10.2. The number of pyridine rings is 1. The van der Waals surface area contributed by atoms with Gasteiger partial charge in [0, 0.05) is 24.4 Å². The third-order valence-corrected chi connectivity index (χ3v) is 2.67. The fraction of sp³-hybridized carbons (Fsp3) is 0.0769. The Labute approximate surface area is 113 Å². The molecule has 2 aromatic rings. The zero-order valence-electron chi connectivity index (χ0n) is 9.66. The summed E-state index contributed by atoms with van der Waals surface area (Å²) in [4.78, 5) is 15.5. The van der Waals surface area contributed by atoms with E-state index >= 15 is 0 Å². The molecule has 98 valence electrons. The van der Waals surface area contributed by atoms with Crippen molar-refractivity contribution in [1.82, 2.24) is 10.3 Å². The monoisotopic (exact) mass is 282 g/mol. The van der Waals surface area contributed by atoms with Gasteiger partial charge in [-0.25, -0.2) is 13.8 Å². The molecule has 1 N–H and O–H groups in total. The van der Waals surface area contributed by atoms with Crippen molar-refractivity contribution in [3.63, 3.8) is 0 Å². The van der Waals surface area contributed by atoms with Gasteiger partial charge >= 0.3 is 0 Å². The normalized spacial score (nSPS) is 10.3. The first-order chi connectivity index (χ1) is 9.06. The van der Waals surface area contributed by atoms with Gasteiger partial charge in [0.15, 0.2) is 0 Å². The molecule has 0 spiro atoms. The third kappa shape index (κ3) is 3.48. The van der Waals surface area contributed by atoms with Gasteiger partial charge in [-0.05, 0) is 18.2 Å². The van der Waals surface area contributed by atoms with E-state index in [1.165, 1.54) is 24.4 Å². The number of halogens is 3. The molecule has 0 aliphatic rings. The molecule has 6 heteroatoms. The molecule has 1 aromatic heterocycles. The Balaban J connectivity index is 2.02. The highest BCUT2D eigenvalue weighted by Crippen LogP contribution is 2.10. The minimum atomic E-state index is -0.700. The van der Waals surface area contributed by atoms with Crippen molar-refractivity contribution in [2.24, 2.45) is 0 Å². The van der Waals surface area contributed by atoms with Crippen LogP contribution in [0.4, 0.5) is 8.78 Å². The second-order valence-corrected chi connectivity index (χ2v) is 4.18. The number of amides is 1. The summed E-state index contributed by atoms with van der Waals surface area (Å²) in [7, 11) is 0. The first-order valence-corrected chi connectivity index (χ1v) is 5.78. The number of nitrogens with zero attached hydrogens (tertiary/aromatic N) is 1. The van der Waals surface area contributed by atoms with E-state index in [2.05, 4.69) is 10.3 Å². The molecule has 0 aliphatic carbocycles. The fourth-order valence-corrected chi connectivity index (χ4v) is 1.56. The molecule has 1 heterocycles. The number of rotatable bonds is 3. The highest BCUT2D eigenvalue weighted by molar-refractivity contribution is 6.29. The average molecular weight is 283 g/mol. The van der Waals surface area contributed by atoms with Crippen LogP contribution < -0.4 is 5.32 Å². The topological polar surface area (TPSA) is 42.0 Å². The minimum absolute atomic E-state index is 0.0342. The van der Waals surface area contributed by atoms with Gasteiger partial charge < -0.3 is 5.32 Å². The predicted octanol–water partition coefficient (Wildman–Crippen LogP) is 2.94. The van der Waals surface area contributed by atoms with Crippen LogP contribution in [-0.2, 0) is 6.54 Å². The highest BCUT2D eigenvalue weighted by Gasteiger charge is 2.08. The quantitative estimate of drug-likeness (QED) is 0.880. The standard InChI is InChI=1S/C13H9ClF2N2O/c14-12-4-2-9(7-17-12)13(19)18-6-8-1-3-10(15)5-11(8)16/h1-5,7H,6H2,(H,18,19). The Kier molecular flexibility index (Phi) is 4.06. The summed E-state index contributed by atoms with van der Waals surface area (Å²) >= 11 is 5.60. The van der Waals surface area contributed by atoms with Crippen molar-refractivity contribution in [2.75, 3.05) is 0 Å². The van der Waals surface area contributed by atoms with Crippen molar-refractivity contribution in [1.29, 1.82) is 0 Å². The van der Waals surface area contributed by atoms with Gasteiger partial charge in [-0.3, -0.25) is 4.79 Å². The molecule has 0 radical (unpaired) electrons. The SMILES string of the molecule is O=C(NCc1ccc(F)cc1F)c1ccc(Cl)nc1. The molecule has 0 saturated heterocycles. The molecule has 2 rings (SSSR count). The molecule has 1 aromatic carbocycles. The fourth-order valence-electron chi connectivity index (χ4n) is 1.45. The van der Waals surface area contributed by atoms with Gasteiger partial charge in [0.2, 0.25) is 0 Å². The lowest BCUT2D eigenvalue weighted by Gasteiger charge is -2.06. The lowest BCUT2D eigenvalue weighted by Crippen LogP contribution is -2.23. The molecule has 0 saturated carbocycles. The van der Waals surface area contributed by atoms with Crippen LogP contribution in [-0.4, -0.2) is 10.9 Å². The van der Waals surface area contributed by atoms with Crippen LogP contribution in [0.3, 0.4) is 0 Å². The molecule has 0 aliphatic heterocycles. The van der Waals surface area contributed by atoms with Crippen LogP contribution in [0, 0.1) is 11.6 Å². The van der Waals surface area contributed by atoms with Gasteiger partial charge in [0.05, 0.1) is 5.56 Å². The van der Waals surface area contributed by atoms with Gasteiger partial charge in [-0.15, -0.1) is 0 Å². The van der Waals surface area contributed by atoms with E-state index in [4.69, 9.17) is 11.6 Å². The van der Waals surface area contributed by atoms with E-state index in [9.17, 15) is 13.6 Å². The van der Waals surface area contributed by atoms with Crippen molar-refractivity contribution < 1.29 is 13.6 Å². The van der Waals surface area contributed by atoms with Crippen LogP contribution in [0.1, 0.15) is 15.9 Å². The Morgan fingerprint density at radius 1 is 1.26 bits per heavy atom. The summed E-state index contributed by atoms with van der Waals surface area (Å²) in [6, 6.07) is 6.17. The maximum atomic E-state index is 13.3. The summed E-state index contributed by atoms with van der Waals surface area (Å²) in [6.07, 6.45) is 1.32. The predicted molar refractivity (Wildman–Crippen MR) is 66.8 cm³/mol. The van der Waals surface area contributed by atoms with Gasteiger partial charge in [-0.1, -0.05) is 17.7 Å². The number of hydrogen-bond acceptors (Lipinski definition) is 2. The summed E-state index contributed by atoms with van der Waals surface area (Å²) in [5.74, 6) is -1.77. The van der Waals surface area contributed by atoms with E-state index in [-0.39, 0.29) is 17.3 Å². The highest BCUT2D eigenvalue weighted by atomic mass is 35.5. The average Bonchev–Trinajstić information content (AvgIpc) is 2.38. The van der Waals surface area contributed by atoms with Crippen LogP contribution in [0.5, 0.6) is 0 Å². The molecule has 19 heavy (non-hydrogen) atoms. The number of aromatic nitrogens is 1. The van der Waals surface area contributed by atoms with Gasteiger partial charge in [0.1, 0.15) is 16.8 Å². The Morgan fingerprint density at radius 3 is 2.68 bits per heavy atom. The summed E-state index contributed by atoms with van der Waals surface area (Å²) in [6.45, 7) is -0.0342. The Morgan fingerprint density at radius 2 is 2.05 bits per heavy atom. The molecule has 0 bridgehead atoms. The first-order valence-electron chi connectivity index (χ1n) is 5.40. The van der Waals surface area contributed by atoms with Crippen molar-refractivity contribution in [3.05, 3.63) is 64.4 Å². The molecule has 0 atom stereocenters. The second kappa shape index (κ2) is 5.75. The smallest absolute Gasteiger partial charge is 0.253 e. The van der Waals surface area contributed by atoms with Crippen molar-refractivity contribution in [3.8, 4) is 0 Å². The molecular weight excluding hydrogens is 274 g/mol. The molecular formula is C13H9ClF2N2O. The minimum Gasteiger partial charge on any atom is -0.348 e. The molecule has 1 amide bonds. The number of carbonyl (C=O) groups excluding carboxylic acids is 1. The van der Waals surface area contributed by atoms with Gasteiger partial charge in [0.25, 0.3) is 5.91 Å². The third-order valence-electron chi connectivity index (χ3n) is 2.44. The van der Waals surface area contributed by atoms with Crippen LogP contribution in [0.25, 0.3) is 0 Å². The molecule has 0 fully saturated rings.